The van der Waals surface area contributed by atoms with Gasteiger partial charge in [-0.3, -0.25) is 4.98 Å². The Balaban J connectivity index is 2.38. The predicted molar refractivity (Wildman–Crippen MR) is 42.1 cm³/mol. The molecule has 1 N–H and O–H groups in total. The lowest BCUT2D eigenvalue weighted by Gasteiger charge is -2.06. The summed E-state index contributed by atoms with van der Waals surface area (Å²) in [7, 11) is 0. The summed E-state index contributed by atoms with van der Waals surface area (Å²) in [5.74, 6) is 0. The van der Waals surface area contributed by atoms with Crippen molar-refractivity contribution in [2.24, 2.45) is 0 Å². The van der Waals surface area contributed by atoms with Crippen molar-refractivity contribution in [3.05, 3.63) is 29.6 Å². The van der Waals surface area contributed by atoms with E-state index in [0.717, 1.165) is 24.1 Å². The topological polar surface area (TPSA) is 33.1 Å². The van der Waals surface area contributed by atoms with Gasteiger partial charge in [0.05, 0.1) is 5.60 Å². The molecule has 0 bridgehead atoms. The van der Waals surface area contributed by atoms with Crippen LogP contribution in [0.1, 0.15) is 24.1 Å². The smallest absolute Gasteiger partial charge is 0.0900 e. The third-order valence-electron chi connectivity index (χ3n) is 2.16. The molecule has 0 unspecified atom stereocenters. The van der Waals surface area contributed by atoms with Crippen LogP contribution in [0.4, 0.5) is 0 Å². The summed E-state index contributed by atoms with van der Waals surface area (Å²) < 4.78 is 0. The maximum atomic E-state index is 9.70. The van der Waals surface area contributed by atoms with Gasteiger partial charge in [0.15, 0.2) is 0 Å². The van der Waals surface area contributed by atoms with Gasteiger partial charge in [-0.2, -0.15) is 0 Å². The van der Waals surface area contributed by atoms with Gasteiger partial charge in [0.25, 0.3) is 0 Å². The lowest BCUT2D eigenvalue weighted by molar-refractivity contribution is 0.151. The van der Waals surface area contributed by atoms with Crippen molar-refractivity contribution in [1.82, 2.24) is 4.98 Å². The fourth-order valence-corrected chi connectivity index (χ4v) is 1.24. The molecule has 0 aliphatic heterocycles. The molecule has 58 valence electrons. The largest absolute Gasteiger partial charge is 0.385 e. The Hall–Kier alpha value is -0.890. The monoisotopic (exact) mass is 149 g/mol. The molecule has 0 radical (unpaired) electrons. The number of hydrogen-bond donors (Lipinski definition) is 1. The second-order valence-electron chi connectivity index (χ2n) is 3.22. The molecular formula is C9H11NO. The first-order valence-corrected chi connectivity index (χ1v) is 3.86. The molecule has 1 heterocycles. The van der Waals surface area contributed by atoms with Crippen molar-refractivity contribution in [2.75, 3.05) is 0 Å². The minimum Gasteiger partial charge on any atom is -0.385 e. The lowest BCUT2D eigenvalue weighted by atomic mass is 10.1. The Morgan fingerprint density at radius 1 is 1.55 bits per heavy atom. The second kappa shape index (κ2) is 2.05. The highest BCUT2D eigenvalue weighted by Crippen LogP contribution is 2.44. The summed E-state index contributed by atoms with van der Waals surface area (Å²) >= 11 is 0. The van der Waals surface area contributed by atoms with E-state index in [2.05, 4.69) is 4.98 Å². The molecule has 2 rings (SSSR count). The zero-order valence-corrected chi connectivity index (χ0v) is 6.54. The summed E-state index contributed by atoms with van der Waals surface area (Å²) in [5, 5.41) is 9.70. The van der Waals surface area contributed by atoms with Crippen LogP contribution >= 0.6 is 0 Å². The average Bonchev–Trinajstić information content (AvgIpc) is 2.70. The summed E-state index contributed by atoms with van der Waals surface area (Å²) in [6, 6.07) is 3.84. The zero-order chi connectivity index (χ0) is 7.90. The van der Waals surface area contributed by atoms with Crippen LogP contribution in [-0.2, 0) is 5.60 Å². The molecule has 0 saturated heterocycles. The molecule has 2 heteroatoms. The summed E-state index contributed by atoms with van der Waals surface area (Å²) in [6.45, 7) is 1.94. The van der Waals surface area contributed by atoms with E-state index in [9.17, 15) is 5.11 Å². The Morgan fingerprint density at radius 2 is 2.27 bits per heavy atom. The zero-order valence-electron chi connectivity index (χ0n) is 6.54. The molecular weight excluding hydrogens is 138 g/mol. The number of nitrogens with zero attached hydrogens (tertiary/aromatic N) is 1. The van der Waals surface area contributed by atoms with Crippen LogP contribution in [0, 0.1) is 6.92 Å². The molecule has 0 spiro atoms. The second-order valence-corrected chi connectivity index (χ2v) is 3.22. The fraction of sp³-hybridized carbons (Fsp3) is 0.444. The Labute approximate surface area is 65.9 Å². The minimum absolute atomic E-state index is 0.506. The highest BCUT2D eigenvalue weighted by Gasteiger charge is 2.41. The maximum absolute atomic E-state index is 9.70. The van der Waals surface area contributed by atoms with Crippen molar-refractivity contribution < 1.29 is 5.11 Å². The first kappa shape index (κ1) is 6.80. The van der Waals surface area contributed by atoms with E-state index in [1.807, 2.05) is 19.1 Å². The Bertz CT molecular complexity index is 279. The number of aliphatic hydroxyl groups is 1. The quantitative estimate of drug-likeness (QED) is 0.654. The van der Waals surface area contributed by atoms with Gasteiger partial charge in [0, 0.05) is 11.9 Å². The molecule has 1 aromatic heterocycles. The van der Waals surface area contributed by atoms with Crippen molar-refractivity contribution >= 4 is 0 Å². The van der Waals surface area contributed by atoms with Crippen LogP contribution in [-0.4, -0.2) is 10.1 Å². The van der Waals surface area contributed by atoms with Gasteiger partial charge in [-0.15, -0.1) is 0 Å². The third kappa shape index (κ3) is 1.14. The summed E-state index contributed by atoms with van der Waals surface area (Å²) in [6.07, 6.45) is 3.55. The van der Waals surface area contributed by atoms with Crippen LogP contribution in [0.3, 0.4) is 0 Å². The van der Waals surface area contributed by atoms with Crippen LogP contribution in [0.2, 0.25) is 0 Å². The highest BCUT2D eigenvalue weighted by atomic mass is 16.3. The average molecular weight is 149 g/mol. The van der Waals surface area contributed by atoms with Crippen LogP contribution in [0.5, 0.6) is 0 Å². The standard InChI is InChI=1S/C9H11NO/c1-7-6-8(2-5-10-7)9(11)3-4-9/h2,5-6,11H,3-4H2,1H3. The molecule has 1 saturated carbocycles. The molecule has 1 aliphatic carbocycles. The molecule has 0 amide bonds. The molecule has 11 heavy (non-hydrogen) atoms. The first-order valence-electron chi connectivity index (χ1n) is 3.86. The van der Waals surface area contributed by atoms with Gasteiger partial charge >= 0.3 is 0 Å². The van der Waals surface area contributed by atoms with Gasteiger partial charge in [-0.05, 0) is 37.5 Å². The van der Waals surface area contributed by atoms with Gasteiger partial charge in [0.2, 0.25) is 0 Å². The van der Waals surface area contributed by atoms with E-state index in [1.54, 1.807) is 6.20 Å². The molecule has 1 aliphatic rings. The van der Waals surface area contributed by atoms with Crippen molar-refractivity contribution in [1.29, 1.82) is 0 Å². The van der Waals surface area contributed by atoms with Crippen LogP contribution in [0.15, 0.2) is 18.3 Å². The van der Waals surface area contributed by atoms with Crippen LogP contribution in [0.25, 0.3) is 0 Å². The lowest BCUT2D eigenvalue weighted by Crippen LogP contribution is -2.04. The Kier molecular flexibility index (Phi) is 1.26. The SMILES string of the molecule is Cc1cc(C2(O)CC2)ccn1. The van der Waals surface area contributed by atoms with E-state index in [-0.39, 0.29) is 0 Å². The summed E-state index contributed by atoms with van der Waals surface area (Å²) in [4.78, 5) is 4.07. The maximum Gasteiger partial charge on any atom is 0.0900 e. The molecule has 0 aromatic carbocycles. The Morgan fingerprint density at radius 3 is 2.82 bits per heavy atom. The van der Waals surface area contributed by atoms with Gasteiger partial charge in [0.1, 0.15) is 0 Å². The van der Waals surface area contributed by atoms with Gasteiger partial charge < -0.3 is 5.11 Å². The number of aryl methyl sites for hydroxylation is 1. The predicted octanol–water partition coefficient (Wildman–Crippen LogP) is 1.37. The van der Waals surface area contributed by atoms with Gasteiger partial charge in [-0.25, -0.2) is 0 Å². The highest BCUT2D eigenvalue weighted by molar-refractivity contribution is 5.27. The molecule has 0 atom stereocenters. The van der Waals surface area contributed by atoms with E-state index < -0.39 is 5.60 Å². The number of rotatable bonds is 1. The molecule has 1 aromatic rings. The van der Waals surface area contributed by atoms with E-state index in [1.165, 1.54) is 0 Å². The van der Waals surface area contributed by atoms with E-state index in [0.29, 0.717) is 0 Å². The van der Waals surface area contributed by atoms with Crippen molar-refractivity contribution in [3.8, 4) is 0 Å². The number of hydrogen-bond acceptors (Lipinski definition) is 2. The van der Waals surface area contributed by atoms with Gasteiger partial charge in [-0.1, -0.05) is 0 Å². The number of aromatic nitrogens is 1. The first-order chi connectivity index (χ1) is 5.21. The fourth-order valence-electron chi connectivity index (χ4n) is 1.24. The third-order valence-corrected chi connectivity index (χ3v) is 2.16. The van der Waals surface area contributed by atoms with Crippen LogP contribution < -0.4 is 0 Å². The van der Waals surface area contributed by atoms with Crippen molar-refractivity contribution in [3.63, 3.8) is 0 Å². The van der Waals surface area contributed by atoms with E-state index in [4.69, 9.17) is 0 Å². The normalized spacial score (nSPS) is 19.8. The molecule has 2 nitrogen and oxygen atoms in total. The van der Waals surface area contributed by atoms with E-state index >= 15 is 0 Å². The summed E-state index contributed by atoms with van der Waals surface area (Å²) in [5.41, 5.74) is 1.49. The molecule has 1 fully saturated rings. The van der Waals surface area contributed by atoms with Crippen molar-refractivity contribution in [2.45, 2.75) is 25.4 Å². The number of pyridine rings is 1. The minimum atomic E-state index is -0.506.